The Bertz CT molecular complexity index is 936. The summed E-state index contributed by atoms with van der Waals surface area (Å²) in [5.74, 6) is -0.311. The molecule has 0 atom stereocenters. The number of sulfonamides is 1. The number of halogens is 1. The molecule has 0 fully saturated rings. The maximum atomic E-state index is 12.8. The lowest BCUT2D eigenvalue weighted by atomic mass is 10.2. The highest BCUT2D eigenvalue weighted by molar-refractivity contribution is 7.93. The minimum absolute atomic E-state index is 0.124. The highest BCUT2D eigenvalue weighted by atomic mass is 32.2. The van der Waals surface area contributed by atoms with Gasteiger partial charge in [-0.1, -0.05) is 12.1 Å². The third kappa shape index (κ3) is 4.03. The molecule has 1 N–H and O–H groups in total. The average molecular weight is 361 g/mol. The van der Waals surface area contributed by atoms with E-state index in [1.165, 1.54) is 41.8 Å². The molecule has 0 aliphatic carbocycles. The van der Waals surface area contributed by atoms with Crippen molar-refractivity contribution in [2.75, 3.05) is 4.72 Å². The second kappa shape index (κ2) is 6.90. The molecular weight excluding hydrogens is 349 g/mol. The van der Waals surface area contributed by atoms with E-state index in [-0.39, 0.29) is 10.7 Å². The molecule has 3 rings (SSSR count). The number of anilines is 1. The van der Waals surface area contributed by atoms with Gasteiger partial charge in [0, 0.05) is 17.8 Å². The predicted octanol–water partition coefficient (Wildman–Crippen LogP) is 3.83. The molecule has 0 aliphatic rings. The van der Waals surface area contributed by atoms with E-state index in [1.807, 2.05) is 0 Å². The number of hydrogen-bond acceptors (Lipinski definition) is 5. The Morgan fingerprint density at radius 3 is 2.42 bits per heavy atom. The summed E-state index contributed by atoms with van der Waals surface area (Å²) in [4.78, 5) is 8.25. The number of thiazole rings is 1. The standard InChI is InChI=1S/C16H12FN3O2S2/c17-13-3-1-12(2-4-13)11-19-14-5-7-15(8-6-14)24(21,22)20-16-18-9-10-23-16/h1-11H,(H,18,20). The van der Waals surface area contributed by atoms with Gasteiger partial charge in [-0.3, -0.25) is 9.71 Å². The van der Waals surface area contributed by atoms with Crippen LogP contribution in [0, 0.1) is 5.82 Å². The summed E-state index contributed by atoms with van der Waals surface area (Å²) in [5.41, 5.74) is 1.34. The molecule has 0 amide bonds. The first-order chi connectivity index (χ1) is 11.5. The zero-order chi connectivity index (χ0) is 17.0. The second-order valence-corrected chi connectivity index (χ2v) is 7.32. The summed E-state index contributed by atoms with van der Waals surface area (Å²) < 4.78 is 39.6. The van der Waals surface area contributed by atoms with Gasteiger partial charge in [0.05, 0.1) is 10.6 Å². The Morgan fingerprint density at radius 1 is 1.08 bits per heavy atom. The summed E-state index contributed by atoms with van der Waals surface area (Å²) in [6.45, 7) is 0. The van der Waals surface area contributed by atoms with Gasteiger partial charge >= 0.3 is 0 Å². The number of aromatic nitrogens is 1. The number of nitrogens with zero attached hydrogens (tertiary/aromatic N) is 2. The molecular formula is C16H12FN3O2S2. The maximum Gasteiger partial charge on any atom is 0.263 e. The average Bonchev–Trinajstić information content (AvgIpc) is 3.07. The van der Waals surface area contributed by atoms with Gasteiger partial charge in [-0.2, -0.15) is 0 Å². The fourth-order valence-corrected chi connectivity index (χ4v) is 3.65. The predicted molar refractivity (Wildman–Crippen MR) is 93.0 cm³/mol. The lowest BCUT2D eigenvalue weighted by Gasteiger charge is -2.05. The quantitative estimate of drug-likeness (QED) is 0.702. The third-order valence-electron chi connectivity index (χ3n) is 3.03. The van der Waals surface area contributed by atoms with Crippen LogP contribution in [0.5, 0.6) is 0 Å². The van der Waals surface area contributed by atoms with Gasteiger partial charge in [-0.25, -0.2) is 17.8 Å². The van der Waals surface area contributed by atoms with Gasteiger partial charge in [0.15, 0.2) is 5.13 Å². The van der Waals surface area contributed by atoms with Gasteiger partial charge < -0.3 is 0 Å². The minimum Gasteiger partial charge on any atom is -0.256 e. The molecule has 0 aliphatic heterocycles. The molecule has 5 nitrogen and oxygen atoms in total. The molecule has 0 bridgehead atoms. The van der Waals surface area contributed by atoms with E-state index in [2.05, 4.69) is 14.7 Å². The van der Waals surface area contributed by atoms with Crippen LogP contribution in [0.25, 0.3) is 0 Å². The van der Waals surface area contributed by atoms with E-state index in [0.717, 1.165) is 5.56 Å². The number of aliphatic imine (C=N–C) groups is 1. The van der Waals surface area contributed by atoms with Crippen LogP contribution in [0.1, 0.15) is 5.56 Å². The SMILES string of the molecule is O=S(=O)(Nc1nccs1)c1ccc(N=Cc2ccc(F)cc2)cc1. The van der Waals surface area contributed by atoms with Crippen LogP contribution in [-0.4, -0.2) is 19.6 Å². The van der Waals surface area contributed by atoms with Crippen LogP contribution in [-0.2, 0) is 10.0 Å². The van der Waals surface area contributed by atoms with Gasteiger partial charge in [0.2, 0.25) is 0 Å². The third-order valence-corrected chi connectivity index (χ3v) is 5.21. The van der Waals surface area contributed by atoms with Crippen molar-refractivity contribution < 1.29 is 12.8 Å². The van der Waals surface area contributed by atoms with Crippen LogP contribution < -0.4 is 4.72 Å². The Hall–Kier alpha value is -2.58. The zero-order valence-electron chi connectivity index (χ0n) is 12.3. The summed E-state index contributed by atoms with van der Waals surface area (Å²) in [7, 11) is -3.67. The summed E-state index contributed by atoms with van der Waals surface area (Å²) in [6.07, 6.45) is 3.10. The number of nitrogens with one attached hydrogen (secondary N) is 1. The maximum absolute atomic E-state index is 12.8. The Morgan fingerprint density at radius 2 is 1.79 bits per heavy atom. The molecule has 0 unspecified atom stereocenters. The lowest BCUT2D eigenvalue weighted by molar-refractivity contribution is 0.601. The molecule has 24 heavy (non-hydrogen) atoms. The van der Waals surface area contributed by atoms with Crippen LogP contribution >= 0.6 is 11.3 Å². The second-order valence-electron chi connectivity index (χ2n) is 4.75. The first-order valence-corrected chi connectivity index (χ1v) is 9.21. The largest absolute Gasteiger partial charge is 0.263 e. The monoisotopic (exact) mass is 361 g/mol. The van der Waals surface area contributed by atoms with Crippen LogP contribution in [0.15, 0.2) is 70.0 Å². The van der Waals surface area contributed by atoms with E-state index in [4.69, 9.17) is 0 Å². The van der Waals surface area contributed by atoms with Crippen molar-refractivity contribution in [3.8, 4) is 0 Å². The zero-order valence-corrected chi connectivity index (χ0v) is 13.9. The lowest BCUT2D eigenvalue weighted by Crippen LogP contribution is -2.12. The van der Waals surface area contributed by atoms with Gasteiger partial charge in [0.25, 0.3) is 10.0 Å². The smallest absolute Gasteiger partial charge is 0.256 e. The topological polar surface area (TPSA) is 71.4 Å². The summed E-state index contributed by atoms with van der Waals surface area (Å²) in [5, 5.41) is 2.00. The molecule has 3 aromatic rings. The summed E-state index contributed by atoms with van der Waals surface area (Å²) in [6, 6.07) is 12.0. The van der Waals surface area contributed by atoms with Crippen molar-refractivity contribution in [2.24, 2.45) is 4.99 Å². The van der Waals surface area contributed by atoms with E-state index in [0.29, 0.717) is 10.8 Å². The highest BCUT2D eigenvalue weighted by Crippen LogP contribution is 2.20. The van der Waals surface area contributed by atoms with E-state index in [1.54, 1.807) is 35.9 Å². The van der Waals surface area contributed by atoms with Crippen molar-refractivity contribution in [1.29, 1.82) is 0 Å². The number of hydrogen-bond donors (Lipinski definition) is 1. The molecule has 0 spiro atoms. The van der Waals surface area contributed by atoms with Gasteiger partial charge in [0.1, 0.15) is 5.82 Å². The molecule has 2 aromatic carbocycles. The van der Waals surface area contributed by atoms with Crippen molar-refractivity contribution in [3.63, 3.8) is 0 Å². The number of benzene rings is 2. The Labute approximate surface area is 142 Å². The van der Waals surface area contributed by atoms with Crippen molar-refractivity contribution >= 4 is 38.4 Å². The van der Waals surface area contributed by atoms with Crippen LogP contribution in [0.4, 0.5) is 15.2 Å². The fourth-order valence-electron chi connectivity index (χ4n) is 1.86. The molecule has 1 heterocycles. The Balaban J connectivity index is 1.74. The van der Waals surface area contributed by atoms with Gasteiger partial charge in [-0.05, 0) is 42.0 Å². The molecule has 0 saturated heterocycles. The molecule has 0 radical (unpaired) electrons. The van der Waals surface area contributed by atoms with Crippen molar-refractivity contribution in [2.45, 2.75) is 4.90 Å². The molecule has 1 aromatic heterocycles. The Kier molecular flexibility index (Phi) is 4.68. The van der Waals surface area contributed by atoms with E-state index in [9.17, 15) is 12.8 Å². The van der Waals surface area contributed by atoms with Crippen molar-refractivity contribution in [1.82, 2.24) is 4.98 Å². The van der Waals surface area contributed by atoms with Crippen LogP contribution in [0.3, 0.4) is 0 Å². The fraction of sp³-hybridized carbons (Fsp3) is 0. The summed E-state index contributed by atoms with van der Waals surface area (Å²) >= 11 is 1.20. The minimum atomic E-state index is -3.67. The van der Waals surface area contributed by atoms with Gasteiger partial charge in [-0.15, -0.1) is 11.3 Å². The van der Waals surface area contributed by atoms with E-state index >= 15 is 0 Å². The first-order valence-electron chi connectivity index (χ1n) is 6.85. The first kappa shape index (κ1) is 16.3. The van der Waals surface area contributed by atoms with E-state index < -0.39 is 10.0 Å². The number of rotatable bonds is 5. The highest BCUT2D eigenvalue weighted by Gasteiger charge is 2.14. The molecule has 0 saturated carbocycles. The normalized spacial score (nSPS) is 11.7. The van der Waals surface area contributed by atoms with Crippen LogP contribution in [0.2, 0.25) is 0 Å². The van der Waals surface area contributed by atoms with Crippen molar-refractivity contribution in [3.05, 3.63) is 71.5 Å². The molecule has 122 valence electrons. The molecule has 8 heteroatoms.